The first-order valence-corrected chi connectivity index (χ1v) is 6.80. The van der Waals surface area contributed by atoms with Crippen LogP contribution in [0.25, 0.3) is 0 Å². The first kappa shape index (κ1) is 13.0. The van der Waals surface area contributed by atoms with Gasteiger partial charge in [-0.3, -0.25) is 0 Å². The van der Waals surface area contributed by atoms with Crippen molar-refractivity contribution in [2.24, 2.45) is 5.92 Å². The first-order chi connectivity index (χ1) is 8.25. The Hall–Kier alpha value is -0.440. The monoisotopic (exact) mass is 273 g/mol. The molecule has 0 aliphatic carbocycles. The molecular formula is C13H17Cl2NO. The number of hydrogen-bond acceptors (Lipinski definition) is 2. The van der Waals surface area contributed by atoms with Crippen LogP contribution in [-0.2, 0) is 0 Å². The van der Waals surface area contributed by atoms with E-state index >= 15 is 0 Å². The average molecular weight is 274 g/mol. The third-order valence-electron chi connectivity index (χ3n) is 3.08. The second kappa shape index (κ2) is 6.48. The minimum absolute atomic E-state index is 0.583. The molecule has 1 unspecified atom stereocenters. The number of halogens is 2. The maximum absolute atomic E-state index is 6.03. The predicted octanol–water partition coefficient (Wildman–Crippen LogP) is 3.76. The Morgan fingerprint density at radius 1 is 1.35 bits per heavy atom. The van der Waals surface area contributed by atoms with Crippen LogP contribution in [0.2, 0.25) is 10.0 Å². The molecule has 1 saturated heterocycles. The topological polar surface area (TPSA) is 21.3 Å². The molecule has 1 aromatic carbocycles. The van der Waals surface area contributed by atoms with E-state index in [9.17, 15) is 0 Å². The van der Waals surface area contributed by atoms with Crippen molar-refractivity contribution in [3.63, 3.8) is 0 Å². The fraction of sp³-hybridized carbons (Fsp3) is 0.538. The van der Waals surface area contributed by atoms with Crippen LogP contribution < -0.4 is 10.1 Å². The molecule has 4 heteroatoms. The smallest absolute Gasteiger partial charge is 0.137 e. The summed E-state index contributed by atoms with van der Waals surface area (Å²) in [6, 6.07) is 5.33. The van der Waals surface area contributed by atoms with Crippen molar-refractivity contribution < 1.29 is 4.74 Å². The highest BCUT2D eigenvalue weighted by atomic mass is 35.5. The van der Waals surface area contributed by atoms with Gasteiger partial charge >= 0.3 is 0 Å². The van der Waals surface area contributed by atoms with E-state index in [1.807, 2.05) is 6.07 Å². The van der Waals surface area contributed by atoms with Crippen molar-refractivity contribution in [3.05, 3.63) is 28.2 Å². The van der Waals surface area contributed by atoms with Crippen molar-refractivity contribution in [2.45, 2.75) is 19.3 Å². The van der Waals surface area contributed by atoms with Crippen LogP contribution in [-0.4, -0.2) is 19.7 Å². The Morgan fingerprint density at radius 2 is 2.24 bits per heavy atom. The molecule has 1 aromatic rings. The van der Waals surface area contributed by atoms with Crippen molar-refractivity contribution in [2.75, 3.05) is 19.7 Å². The normalized spacial score (nSPS) is 20.2. The van der Waals surface area contributed by atoms with E-state index in [-0.39, 0.29) is 0 Å². The molecule has 1 aliphatic heterocycles. The second-order valence-electron chi connectivity index (χ2n) is 4.42. The summed E-state index contributed by atoms with van der Waals surface area (Å²) in [5.41, 5.74) is 0. The van der Waals surface area contributed by atoms with Gasteiger partial charge in [0.25, 0.3) is 0 Å². The lowest BCUT2D eigenvalue weighted by atomic mass is 9.97. The molecule has 0 spiro atoms. The maximum Gasteiger partial charge on any atom is 0.137 e. The van der Waals surface area contributed by atoms with Crippen molar-refractivity contribution >= 4 is 23.2 Å². The molecule has 0 aromatic heterocycles. The summed E-state index contributed by atoms with van der Waals surface area (Å²) in [6.07, 6.45) is 3.64. The summed E-state index contributed by atoms with van der Waals surface area (Å²) in [7, 11) is 0. The largest absolute Gasteiger partial charge is 0.492 e. The predicted molar refractivity (Wildman–Crippen MR) is 72.2 cm³/mol. The quantitative estimate of drug-likeness (QED) is 0.902. The molecule has 1 atom stereocenters. The zero-order chi connectivity index (χ0) is 12.1. The maximum atomic E-state index is 6.03. The fourth-order valence-corrected chi connectivity index (χ4v) is 2.56. The molecule has 0 amide bonds. The lowest BCUT2D eigenvalue weighted by molar-refractivity contribution is 0.254. The number of benzene rings is 1. The van der Waals surface area contributed by atoms with Crippen molar-refractivity contribution in [1.29, 1.82) is 0 Å². The molecule has 1 fully saturated rings. The lowest BCUT2D eigenvalue weighted by Gasteiger charge is -2.22. The Balaban J connectivity index is 1.77. The SMILES string of the molecule is Clc1ccc(OCCC2CCCNC2)c(Cl)c1. The van der Waals surface area contributed by atoms with E-state index < -0.39 is 0 Å². The van der Waals surface area contributed by atoms with Crippen LogP contribution in [0.5, 0.6) is 5.75 Å². The van der Waals surface area contributed by atoms with Crippen LogP contribution >= 0.6 is 23.2 Å². The van der Waals surface area contributed by atoms with E-state index in [0.717, 1.165) is 31.2 Å². The minimum Gasteiger partial charge on any atom is -0.492 e. The zero-order valence-electron chi connectivity index (χ0n) is 9.72. The summed E-state index contributed by atoms with van der Waals surface area (Å²) in [4.78, 5) is 0. The van der Waals surface area contributed by atoms with Crippen LogP contribution in [0.1, 0.15) is 19.3 Å². The standard InChI is InChI=1S/C13H17Cl2NO/c14-11-3-4-13(12(15)8-11)17-7-5-10-2-1-6-16-9-10/h3-4,8,10,16H,1-2,5-7,9H2. The molecule has 0 bridgehead atoms. The highest BCUT2D eigenvalue weighted by Crippen LogP contribution is 2.28. The summed E-state index contributed by atoms with van der Waals surface area (Å²) < 4.78 is 5.68. The van der Waals surface area contributed by atoms with Gasteiger partial charge in [0.2, 0.25) is 0 Å². The molecule has 1 N–H and O–H groups in total. The van der Waals surface area contributed by atoms with Gasteiger partial charge in [0.15, 0.2) is 0 Å². The van der Waals surface area contributed by atoms with E-state index in [0.29, 0.717) is 16.7 Å². The van der Waals surface area contributed by atoms with Gasteiger partial charge < -0.3 is 10.1 Å². The van der Waals surface area contributed by atoms with E-state index in [1.165, 1.54) is 12.8 Å². The third kappa shape index (κ3) is 4.06. The van der Waals surface area contributed by atoms with Crippen molar-refractivity contribution in [1.82, 2.24) is 5.32 Å². The summed E-state index contributed by atoms with van der Waals surface area (Å²) in [6.45, 7) is 2.98. The highest BCUT2D eigenvalue weighted by molar-refractivity contribution is 6.35. The summed E-state index contributed by atoms with van der Waals surface area (Å²) >= 11 is 11.9. The molecule has 0 radical (unpaired) electrons. The summed E-state index contributed by atoms with van der Waals surface area (Å²) in [5.74, 6) is 1.45. The molecule has 1 heterocycles. The van der Waals surface area contributed by atoms with Gasteiger partial charge in [0, 0.05) is 5.02 Å². The molecule has 1 aliphatic rings. The van der Waals surface area contributed by atoms with Gasteiger partial charge in [-0.05, 0) is 56.5 Å². The highest BCUT2D eigenvalue weighted by Gasteiger charge is 2.13. The number of ether oxygens (including phenoxy) is 1. The van der Waals surface area contributed by atoms with Gasteiger partial charge in [-0.1, -0.05) is 23.2 Å². The van der Waals surface area contributed by atoms with Gasteiger partial charge in [-0.25, -0.2) is 0 Å². The Labute approximate surface area is 112 Å². The van der Waals surface area contributed by atoms with Gasteiger partial charge in [0.05, 0.1) is 11.6 Å². The van der Waals surface area contributed by atoms with Gasteiger partial charge in [0.1, 0.15) is 5.75 Å². The van der Waals surface area contributed by atoms with Crippen molar-refractivity contribution in [3.8, 4) is 5.75 Å². The number of rotatable bonds is 4. The van der Waals surface area contributed by atoms with Gasteiger partial charge in [-0.2, -0.15) is 0 Å². The Morgan fingerprint density at radius 3 is 2.94 bits per heavy atom. The molecule has 17 heavy (non-hydrogen) atoms. The van der Waals surface area contributed by atoms with E-state index in [1.54, 1.807) is 12.1 Å². The minimum atomic E-state index is 0.583. The number of hydrogen-bond donors (Lipinski definition) is 1. The lowest BCUT2D eigenvalue weighted by Crippen LogP contribution is -2.30. The van der Waals surface area contributed by atoms with Crippen LogP contribution in [0.4, 0.5) is 0 Å². The fourth-order valence-electron chi connectivity index (χ4n) is 2.10. The Bertz CT molecular complexity index is 364. The van der Waals surface area contributed by atoms with Crippen LogP contribution in [0.3, 0.4) is 0 Å². The van der Waals surface area contributed by atoms with E-state index in [4.69, 9.17) is 27.9 Å². The molecule has 2 nitrogen and oxygen atoms in total. The summed E-state index contributed by atoms with van der Waals surface area (Å²) in [5, 5.41) is 4.62. The molecule has 0 saturated carbocycles. The third-order valence-corrected chi connectivity index (χ3v) is 3.61. The molecular weight excluding hydrogens is 257 g/mol. The van der Waals surface area contributed by atoms with Crippen LogP contribution in [0, 0.1) is 5.92 Å². The van der Waals surface area contributed by atoms with E-state index in [2.05, 4.69) is 5.32 Å². The van der Waals surface area contributed by atoms with Gasteiger partial charge in [-0.15, -0.1) is 0 Å². The number of nitrogens with one attached hydrogen (secondary N) is 1. The first-order valence-electron chi connectivity index (χ1n) is 6.04. The number of piperidine rings is 1. The molecule has 2 rings (SSSR count). The average Bonchev–Trinajstić information content (AvgIpc) is 2.33. The molecule has 94 valence electrons. The Kier molecular flexibility index (Phi) is 4.96. The zero-order valence-corrected chi connectivity index (χ0v) is 11.2. The second-order valence-corrected chi connectivity index (χ2v) is 5.27. The van der Waals surface area contributed by atoms with Crippen LogP contribution in [0.15, 0.2) is 18.2 Å².